The van der Waals surface area contributed by atoms with Crippen LogP contribution in [0.3, 0.4) is 0 Å². The number of aryl methyl sites for hydroxylation is 1. The third-order valence-corrected chi connectivity index (χ3v) is 5.65. The minimum atomic E-state index is -0.186. The molecule has 1 amide bonds. The van der Waals surface area contributed by atoms with Gasteiger partial charge in [0.15, 0.2) is 4.77 Å². The van der Waals surface area contributed by atoms with Gasteiger partial charge in [0.25, 0.3) is 11.5 Å². The number of carbonyl (C=O) groups is 1. The van der Waals surface area contributed by atoms with Crippen LogP contribution in [-0.2, 0) is 17.7 Å². The predicted molar refractivity (Wildman–Crippen MR) is 112 cm³/mol. The summed E-state index contributed by atoms with van der Waals surface area (Å²) in [4.78, 5) is 28.7. The number of nitrogens with zero attached hydrogens (tertiary/aromatic N) is 1. The Bertz CT molecular complexity index is 1160. The topological polar surface area (TPSA) is 89.3 Å². The lowest BCUT2D eigenvalue weighted by Gasteiger charge is -2.22. The zero-order valence-electron chi connectivity index (χ0n) is 16.2. The minimum Gasteiger partial charge on any atom is -0.469 e. The number of hydrogen-bond acceptors (Lipinski definition) is 5. The van der Waals surface area contributed by atoms with Gasteiger partial charge in [-0.1, -0.05) is 0 Å². The molecule has 0 saturated carbocycles. The molecule has 0 bridgehead atoms. The van der Waals surface area contributed by atoms with Crippen LogP contribution < -0.4 is 10.9 Å². The lowest BCUT2D eigenvalue weighted by atomic mass is 9.93. The van der Waals surface area contributed by atoms with Gasteiger partial charge in [-0.2, -0.15) is 0 Å². The summed E-state index contributed by atoms with van der Waals surface area (Å²) in [5.74, 6) is 0.757. The quantitative estimate of drug-likeness (QED) is 0.477. The number of furan rings is 1. The van der Waals surface area contributed by atoms with Crippen LogP contribution in [0.4, 0.5) is 0 Å². The second-order valence-corrected chi connectivity index (χ2v) is 7.60. The summed E-state index contributed by atoms with van der Waals surface area (Å²) in [7, 11) is 1.62. The normalized spacial score (nSPS) is 16.0. The summed E-state index contributed by atoms with van der Waals surface area (Å²) in [6.45, 7) is 1.03. The summed E-state index contributed by atoms with van der Waals surface area (Å²) in [5.41, 5.74) is 1.92. The van der Waals surface area contributed by atoms with Crippen molar-refractivity contribution in [1.29, 1.82) is 0 Å². The second kappa shape index (κ2) is 8.34. The molecule has 3 aromatic rings. The maximum atomic E-state index is 12.8. The third-order valence-electron chi connectivity index (χ3n) is 5.33. The van der Waals surface area contributed by atoms with Gasteiger partial charge in [0, 0.05) is 37.8 Å². The van der Waals surface area contributed by atoms with Gasteiger partial charge in [-0.3, -0.25) is 14.2 Å². The highest BCUT2D eigenvalue weighted by molar-refractivity contribution is 7.71. The van der Waals surface area contributed by atoms with E-state index < -0.39 is 0 Å². The summed E-state index contributed by atoms with van der Waals surface area (Å²) in [5, 5.41) is 3.58. The van der Waals surface area contributed by atoms with Gasteiger partial charge in [0.1, 0.15) is 5.76 Å². The van der Waals surface area contributed by atoms with Crippen molar-refractivity contribution in [1.82, 2.24) is 14.9 Å². The van der Waals surface area contributed by atoms with E-state index in [0.29, 0.717) is 40.8 Å². The predicted octanol–water partition coefficient (Wildman–Crippen LogP) is 3.50. The minimum absolute atomic E-state index is 0.0621. The number of rotatable bonds is 6. The number of nitrogens with one attached hydrogen (secondary N) is 2. The number of H-pyrrole nitrogens is 1. The number of aromatic amines is 1. The molecule has 1 aromatic carbocycles. The van der Waals surface area contributed by atoms with Crippen molar-refractivity contribution in [2.24, 2.45) is 0 Å². The Morgan fingerprint density at radius 3 is 3.10 bits per heavy atom. The van der Waals surface area contributed by atoms with Crippen molar-refractivity contribution in [3.8, 4) is 0 Å². The van der Waals surface area contributed by atoms with Gasteiger partial charge in [-0.25, -0.2) is 0 Å². The van der Waals surface area contributed by atoms with E-state index in [2.05, 4.69) is 10.3 Å². The smallest absolute Gasteiger partial charge is 0.262 e. The number of methoxy groups -OCH3 is 1. The number of hydrogen-bond donors (Lipinski definition) is 2. The fraction of sp³-hybridized carbons (Fsp3) is 0.381. The summed E-state index contributed by atoms with van der Waals surface area (Å²) in [6, 6.07) is 6.89. The van der Waals surface area contributed by atoms with Crippen LogP contribution in [0.25, 0.3) is 10.9 Å². The van der Waals surface area contributed by atoms with E-state index in [9.17, 15) is 9.59 Å². The van der Waals surface area contributed by atoms with E-state index in [1.165, 1.54) is 4.57 Å². The van der Waals surface area contributed by atoms with Crippen molar-refractivity contribution in [3.63, 3.8) is 0 Å². The van der Waals surface area contributed by atoms with Crippen LogP contribution in [0.2, 0.25) is 0 Å². The Balaban J connectivity index is 1.59. The molecule has 2 aromatic heterocycles. The number of aromatic nitrogens is 2. The summed E-state index contributed by atoms with van der Waals surface area (Å²) in [6.07, 6.45) is 5.11. The largest absolute Gasteiger partial charge is 0.469 e. The monoisotopic (exact) mass is 413 g/mol. The molecule has 0 saturated heterocycles. The Morgan fingerprint density at radius 1 is 1.41 bits per heavy atom. The van der Waals surface area contributed by atoms with E-state index in [4.69, 9.17) is 21.4 Å². The van der Waals surface area contributed by atoms with Crippen molar-refractivity contribution >= 4 is 29.0 Å². The Labute approximate surface area is 172 Å². The first-order valence-corrected chi connectivity index (χ1v) is 10.1. The molecule has 0 aliphatic heterocycles. The van der Waals surface area contributed by atoms with Gasteiger partial charge in [-0.05, 0) is 55.7 Å². The maximum absolute atomic E-state index is 12.8. The Morgan fingerprint density at radius 2 is 2.28 bits per heavy atom. The highest BCUT2D eigenvalue weighted by atomic mass is 32.1. The van der Waals surface area contributed by atoms with E-state index in [-0.39, 0.29) is 17.5 Å². The number of benzene rings is 1. The summed E-state index contributed by atoms with van der Waals surface area (Å²) < 4.78 is 12.4. The number of amides is 1. The van der Waals surface area contributed by atoms with Gasteiger partial charge in [0.05, 0.1) is 23.2 Å². The highest BCUT2D eigenvalue weighted by Crippen LogP contribution is 2.30. The maximum Gasteiger partial charge on any atom is 0.262 e. The third kappa shape index (κ3) is 3.90. The first kappa shape index (κ1) is 19.6. The highest BCUT2D eigenvalue weighted by Gasteiger charge is 2.24. The molecular formula is C21H23N3O4S. The molecule has 29 heavy (non-hydrogen) atoms. The zero-order valence-corrected chi connectivity index (χ0v) is 17.0. The molecule has 1 unspecified atom stereocenters. The van der Waals surface area contributed by atoms with Crippen LogP contribution in [0.5, 0.6) is 0 Å². The van der Waals surface area contributed by atoms with Gasteiger partial charge < -0.3 is 19.5 Å². The van der Waals surface area contributed by atoms with Crippen molar-refractivity contribution in [3.05, 3.63) is 62.5 Å². The van der Waals surface area contributed by atoms with Crippen LogP contribution in [0.15, 0.2) is 39.7 Å². The lowest BCUT2D eigenvalue weighted by Crippen LogP contribution is -2.30. The molecule has 2 N–H and O–H groups in total. The lowest BCUT2D eigenvalue weighted by molar-refractivity contribution is 0.0932. The fourth-order valence-electron chi connectivity index (χ4n) is 3.84. The first-order valence-electron chi connectivity index (χ1n) is 9.71. The standard InChI is InChI=1S/C21H23N3O4S/c1-27-10-3-9-24-20(26)15-7-6-13(12-17(15)23-21(24)29)19(25)22-16-4-2-5-18-14(16)8-11-28-18/h6-8,11-12,16H,2-5,9-10H2,1H3,(H,22,25)(H,23,29). The Kier molecular flexibility index (Phi) is 5.64. The van der Waals surface area contributed by atoms with E-state index in [1.807, 2.05) is 6.07 Å². The fourth-order valence-corrected chi connectivity index (χ4v) is 4.13. The second-order valence-electron chi connectivity index (χ2n) is 7.21. The average Bonchev–Trinajstić information content (AvgIpc) is 3.20. The average molecular weight is 413 g/mol. The molecule has 2 heterocycles. The van der Waals surface area contributed by atoms with Crippen molar-refractivity contribution in [2.45, 2.75) is 38.3 Å². The molecule has 7 nitrogen and oxygen atoms in total. The molecule has 1 aliphatic rings. The van der Waals surface area contributed by atoms with Gasteiger partial charge in [-0.15, -0.1) is 0 Å². The summed E-state index contributed by atoms with van der Waals surface area (Å²) >= 11 is 5.35. The van der Waals surface area contributed by atoms with Crippen LogP contribution >= 0.6 is 12.2 Å². The van der Waals surface area contributed by atoms with Gasteiger partial charge >= 0.3 is 0 Å². The molecule has 0 fully saturated rings. The van der Waals surface area contributed by atoms with E-state index >= 15 is 0 Å². The SMILES string of the molecule is COCCCn1c(=S)[nH]c2cc(C(=O)NC3CCCc4occc43)ccc2c1=O. The van der Waals surface area contributed by atoms with E-state index in [1.54, 1.807) is 31.6 Å². The van der Waals surface area contributed by atoms with Crippen LogP contribution in [0, 0.1) is 4.77 Å². The van der Waals surface area contributed by atoms with Gasteiger partial charge in [0.2, 0.25) is 0 Å². The number of ether oxygens (including phenoxy) is 1. The zero-order chi connectivity index (χ0) is 20.4. The number of fused-ring (bicyclic) bond motifs is 2. The Hall–Kier alpha value is -2.71. The molecule has 4 rings (SSSR count). The molecule has 152 valence electrons. The molecule has 1 atom stereocenters. The van der Waals surface area contributed by atoms with Crippen molar-refractivity contribution in [2.75, 3.05) is 13.7 Å². The molecule has 0 radical (unpaired) electrons. The molecule has 8 heteroatoms. The van der Waals surface area contributed by atoms with E-state index in [0.717, 1.165) is 30.6 Å². The van der Waals surface area contributed by atoms with Crippen LogP contribution in [0.1, 0.15) is 47.0 Å². The molecule has 1 aliphatic carbocycles. The number of carbonyl (C=O) groups excluding carboxylic acids is 1. The molecular weight excluding hydrogens is 390 g/mol. The first-order chi connectivity index (χ1) is 14.1. The van der Waals surface area contributed by atoms with Crippen LogP contribution in [-0.4, -0.2) is 29.2 Å². The van der Waals surface area contributed by atoms with Crippen molar-refractivity contribution < 1.29 is 13.9 Å². The molecule has 0 spiro atoms.